The summed E-state index contributed by atoms with van der Waals surface area (Å²) in [5.41, 5.74) is 3.29. The van der Waals surface area contributed by atoms with Gasteiger partial charge >= 0.3 is 5.97 Å². The van der Waals surface area contributed by atoms with Crippen molar-refractivity contribution >= 4 is 16.9 Å². The summed E-state index contributed by atoms with van der Waals surface area (Å²) in [4.78, 5) is 15.9. The molecule has 2 aromatic heterocycles. The number of carboxylic acid groups (broad SMARTS) is 1. The number of carbonyl (C=O) groups is 1. The second-order valence-corrected chi connectivity index (χ2v) is 4.34. The van der Waals surface area contributed by atoms with Gasteiger partial charge in [-0.25, -0.2) is 9.78 Å². The number of hydrogen-bond donors (Lipinski definition) is 1. The molecule has 19 heavy (non-hydrogen) atoms. The van der Waals surface area contributed by atoms with Crippen molar-refractivity contribution in [1.82, 2.24) is 4.98 Å². The van der Waals surface area contributed by atoms with Gasteiger partial charge in [0.15, 0.2) is 0 Å². The molecule has 0 unspecified atom stereocenters. The summed E-state index contributed by atoms with van der Waals surface area (Å²) < 4.78 is 5.02. The maximum atomic E-state index is 11.4. The smallest absolute Gasteiger partial charge is 0.336 e. The Bertz CT molecular complexity index is 760. The maximum Gasteiger partial charge on any atom is 0.336 e. The third kappa shape index (κ3) is 1.87. The van der Waals surface area contributed by atoms with Gasteiger partial charge in [0.25, 0.3) is 0 Å². The average Bonchev–Trinajstić information content (AvgIpc) is 2.92. The highest BCUT2D eigenvalue weighted by Crippen LogP contribution is 2.26. The standard InChI is InChI=1S/C15H11NO3/c1-9-3-2-4-11-12(15(17)18)7-13(16-14(9)11)10-5-6-19-8-10/h2-8H,1H3,(H,17,18). The Morgan fingerprint density at radius 1 is 1.32 bits per heavy atom. The fourth-order valence-electron chi connectivity index (χ4n) is 2.13. The summed E-state index contributed by atoms with van der Waals surface area (Å²) in [6, 6.07) is 8.87. The van der Waals surface area contributed by atoms with E-state index in [1.165, 1.54) is 0 Å². The molecule has 0 spiro atoms. The summed E-state index contributed by atoms with van der Waals surface area (Å²) in [5.74, 6) is -0.956. The van der Waals surface area contributed by atoms with Gasteiger partial charge in [0.1, 0.15) is 0 Å². The molecule has 3 aromatic rings. The number of aryl methyl sites for hydroxylation is 1. The Morgan fingerprint density at radius 3 is 2.84 bits per heavy atom. The van der Waals surface area contributed by atoms with Crippen LogP contribution in [0.4, 0.5) is 0 Å². The molecule has 3 rings (SSSR count). The monoisotopic (exact) mass is 253 g/mol. The first kappa shape index (κ1) is 11.5. The van der Waals surface area contributed by atoms with Crippen molar-refractivity contribution in [2.45, 2.75) is 6.92 Å². The molecule has 0 aliphatic heterocycles. The Hall–Kier alpha value is -2.62. The van der Waals surface area contributed by atoms with Crippen LogP contribution in [0.2, 0.25) is 0 Å². The highest BCUT2D eigenvalue weighted by molar-refractivity contribution is 6.04. The van der Waals surface area contributed by atoms with Crippen molar-refractivity contribution in [2.75, 3.05) is 0 Å². The Morgan fingerprint density at radius 2 is 2.16 bits per heavy atom. The van der Waals surface area contributed by atoms with E-state index < -0.39 is 5.97 Å². The summed E-state index contributed by atoms with van der Waals surface area (Å²) in [7, 11) is 0. The van der Waals surface area contributed by atoms with Gasteiger partial charge in [0.05, 0.1) is 29.3 Å². The molecule has 0 atom stereocenters. The number of furan rings is 1. The largest absolute Gasteiger partial charge is 0.478 e. The number of aromatic nitrogens is 1. The molecular formula is C15H11NO3. The Labute approximate surface area is 109 Å². The van der Waals surface area contributed by atoms with Crippen LogP contribution in [0.1, 0.15) is 15.9 Å². The average molecular weight is 253 g/mol. The number of hydrogen-bond acceptors (Lipinski definition) is 3. The zero-order valence-electron chi connectivity index (χ0n) is 10.3. The third-order valence-corrected chi connectivity index (χ3v) is 3.09. The second kappa shape index (κ2) is 4.24. The molecule has 0 saturated heterocycles. The fourth-order valence-corrected chi connectivity index (χ4v) is 2.13. The minimum atomic E-state index is -0.956. The van der Waals surface area contributed by atoms with Gasteiger partial charge in [-0.15, -0.1) is 0 Å². The van der Waals surface area contributed by atoms with Crippen molar-refractivity contribution in [3.63, 3.8) is 0 Å². The van der Waals surface area contributed by atoms with Crippen LogP contribution in [-0.4, -0.2) is 16.1 Å². The van der Waals surface area contributed by atoms with Gasteiger partial charge < -0.3 is 9.52 Å². The van der Waals surface area contributed by atoms with E-state index in [0.717, 1.165) is 11.1 Å². The number of nitrogens with zero attached hydrogens (tertiary/aromatic N) is 1. The van der Waals surface area contributed by atoms with E-state index >= 15 is 0 Å². The molecule has 94 valence electrons. The van der Waals surface area contributed by atoms with Crippen molar-refractivity contribution < 1.29 is 14.3 Å². The molecule has 1 N–H and O–H groups in total. The number of aromatic carboxylic acids is 1. The quantitative estimate of drug-likeness (QED) is 0.759. The molecule has 2 heterocycles. The normalized spacial score (nSPS) is 10.8. The van der Waals surface area contributed by atoms with Crippen LogP contribution in [0, 0.1) is 6.92 Å². The highest BCUT2D eigenvalue weighted by Gasteiger charge is 2.14. The van der Waals surface area contributed by atoms with E-state index in [1.54, 1.807) is 30.7 Å². The van der Waals surface area contributed by atoms with Crippen LogP contribution in [0.15, 0.2) is 47.3 Å². The van der Waals surface area contributed by atoms with Crippen LogP contribution >= 0.6 is 0 Å². The fraction of sp³-hybridized carbons (Fsp3) is 0.0667. The van der Waals surface area contributed by atoms with Gasteiger partial charge in [-0.05, 0) is 24.6 Å². The molecule has 0 amide bonds. The first-order valence-corrected chi connectivity index (χ1v) is 5.83. The summed E-state index contributed by atoms with van der Waals surface area (Å²) >= 11 is 0. The molecule has 0 bridgehead atoms. The predicted octanol–water partition coefficient (Wildman–Crippen LogP) is 3.50. The first-order valence-electron chi connectivity index (χ1n) is 5.83. The van der Waals surface area contributed by atoms with E-state index in [4.69, 9.17) is 4.42 Å². The summed E-state index contributed by atoms with van der Waals surface area (Å²) in [5, 5.41) is 10.00. The number of carboxylic acids is 1. The molecule has 0 saturated carbocycles. The molecule has 0 aliphatic carbocycles. The van der Waals surface area contributed by atoms with Gasteiger partial charge in [-0.1, -0.05) is 18.2 Å². The van der Waals surface area contributed by atoms with Crippen LogP contribution in [0.5, 0.6) is 0 Å². The third-order valence-electron chi connectivity index (χ3n) is 3.09. The van der Waals surface area contributed by atoms with Crippen molar-refractivity contribution in [3.8, 4) is 11.3 Å². The van der Waals surface area contributed by atoms with Gasteiger partial charge in [0, 0.05) is 10.9 Å². The van der Waals surface area contributed by atoms with Gasteiger partial charge in [-0.2, -0.15) is 0 Å². The minimum absolute atomic E-state index is 0.255. The van der Waals surface area contributed by atoms with Crippen LogP contribution < -0.4 is 0 Å². The molecule has 4 nitrogen and oxygen atoms in total. The Kier molecular flexibility index (Phi) is 2.56. The molecule has 0 fully saturated rings. The van der Waals surface area contributed by atoms with Crippen LogP contribution in [-0.2, 0) is 0 Å². The zero-order valence-corrected chi connectivity index (χ0v) is 10.3. The summed E-state index contributed by atoms with van der Waals surface area (Å²) in [6.07, 6.45) is 3.09. The van der Waals surface area contributed by atoms with Crippen molar-refractivity contribution in [3.05, 3.63) is 54.0 Å². The van der Waals surface area contributed by atoms with Crippen molar-refractivity contribution in [2.24, 2.45) is 0 Å². The SMILES string of the molecule is Cc1cccc2c(C(=O)O)cc(-c3ccoc3)nc12. The zero-order chi connectivity index (χ0) is 13.4. The number of fused-ring (bicyclic) bond motifs is 1. The van der Waals surface area contributed by atoms with Crippen LogP contribution in [0.3, 0.4) is 0 Å². The van der Waals surface area contributed by atoms with E-state index in [0.29, 0.717) is 16.6 Å². The molecule has 1 aromatic carbocycles. The van der Waals surface area contributed by atoms with E-state index in [2.05, 4.69) is 4.98 Å². The topological polar surface area (TPSA) is 63.3 Å². The molecule has 4 heteroatoms. The highest BCUT2D eigenvalue weighted by atomic mass is 16.4. The lowest BCUT2D eigenvalue weighted by Gasteiger charge is -2.07. The molecule has 0 radical (unpaired) electrons. The van der Waals surface area contributed by atoms with E-state index in [-0.39, 0.29) is 5.56 Å². The van der Waals surface area contributed by atoms with Gasteiger partial charge in [-0.3, -0.25) is 0 Å². The molecular weight excluding hydrogens is 242 g/mol. The first-order chi connectivity index (χ1) is 9.16. The lowest BCUT2D eigenvalue weighted by molar-refractivity contribution is 0.0699. The predicted molar refractivity (Wildman–Crippen MR) is 71.1 cm³/mol. The molecule has 0 aliphatic rings. The summed E-state index contributed by atoms with van der Waals surface area (Å²) in [6.45, 7) is 1.92. The number of para-hydroxylation sites is 1. The maximum absolute atomic E-state index is 11.4. The van der Waals surface area contributed by atoms with E-state index in [9.17, 15) is 9.90 Å². The number of pyridine rings is 1. The van der Waals surface area contributed by atoms with Crippen LogP contribution in [0.25, 0.3) is 22.2 Å². The minimum Gasteiger partial charge on any atom is -0.478 e. The number of rotatable bonds is 2. The number of benzene rings is 1. The van der Waals surface area contributed by atoms with Crippen molar-refractivity contribution in [1.29, 1.82) is 0 Å². The Balaban J connectivity index is 2.38. The second-order valence-electron chi connectivity index (χ2n) is 4.34. The van der Waals surface area contributed by atoms with Gasteiger partial charge in [0.2, 0.25) is 0 Å². The lowest BCUT2D eigenvalue weighted by Crippen LogP contribution is -2.00. The van der Waals surface area contributed by atoms with E-state index in [1.807, 2.05) is 19.1 Å². The lowest BCUT2D eigenvalue weighted by atomic mass is 10.0.